The molecule has 0 bridgehead atoms. The van der Waals surface area contributed by atoms with Gasteiger partial charge in [0.15, 0.2) is 0 Å². The van der Waals surface area contributed by atoms with Crippen molar-refractivity contribution in [3.63, 3.8) is 0 Å². The van der Waals surface area contributed by atoms with Gasteiger partial charge in [-0.1, -0.05) is 0 Å². The lowest BCUT2D eigenvalue weighted by molar-refractivity contribution is -0.141. The van der Waals surface area contributed by atoms with Gasteiger partial charge in [-0.25, -0.2) is 0 Å². The molecule has 1 rings (SSSR count). The van der Waals surface area contributed by atoms with E-state index in [-0.39, 0.29) is 17.2 Å². The summed E-state index contributed by atoms with van der Waals surface area (Å²) in [6.45, 7) is 3.58. The Morgan fingerprint density at radius 3 is 2.35 bits per heavy atom. The summed E-state index contributed by atoms with van der Waals surface area (Å²) in [5, 5.41) is 13.6. The Kier molecular flexibility index (Phi) is 7.49. The Morgan fingerprint density at radius 2 is 2.00 bits per heavy atom. The van der Waals surface area contributed by atoms with E-state index in [0.29, 0.717) is 0 Å². The number of amides is 1. The molecule has 1 fully saturated rings. The Hall–Kier alpha value is -1.14. The van der Waals surface area contributed by atoms with Gasteiger partial charge in [-0.3, -0.25) is 14.4 Å². The molecule has 6 nitrogen and oxygen atoms in total. The summed E-state index contributed by atoms with van der Waals surface area (Å²) in [6.07, 6.45) is 1.76. The van der Waals surface area contributed by atoms with Crippen molar-refractivity contribution in [1.82, 2.24) is 10.6 Å². The molecule has 1 saturated heterocycles. The molecular weight excluding hydrogens is 248 g/mol. The fourth-order valence-electron chi connectivity index (χ4n) is 1.28. The minimum absolute atomic E-state index is 0.207. The number of carboxylic acid groups (broad SMARTS) is 1. The first-order valence-corrected chi connectivity index (χ1v) is 5.65. The van der Waals surface area contributed by atoms with Crippen molar-refractivity contribution in [2.75, 3.05) is 6.54 Å². The van der Waals surface area contributed by atoms with Crippen LogP contribution in [0.15, 0.2) is 0 Å². The van der Waals surface area contributed by atoms with Crippen LogP contribution in [-0.4, -0.2) is 40.9 Å². The highest BCUT2D eigenvalue weighted by atomic mass is 35.5. The van der Waals surface area contributed by atoms with Gasteiger partial charge in [-0.05, 0) is 37.9 Å². The number of carbonyl (C=O) groups is 3. The Bertz CT molecular complexity index is 286. The quantitative estimate of drug-likeness (QED) is 0.629. The first kappa shape index (κ1) is 15.9. The Balaban J connectivity index is 0.000000557. The van der Waals surface area contributed by atoms with E-state index in [9.17, 15) is 14.4 Å². The number of hydrogen-bond donors (Lipinski definition) is 3. The number of aliphatic carboxylic acids is 1. The number of hydrogen-bond acceptors (Lipinski definition) is 4. The van der Waals surface area contributed by atoms with Crippen LogP contribution in [0, 0.1) is 0 Å². The molecular formula is C10H17ClN2O4. The Morgan fingerprint density at radius 1 is 1.47 bits per heavy atom. The highest BCUT2D eigenvalue weighted by Crippen LogP contribution is 2.04. The largest absolute Gasteiger partial charge is 0.480 e. The van der Waals surface area contributed by atoms with E-state index in [4.69, 9.17) is 5.11 Å². The van der Waals surface area contributed by atoms with Crippen molar-refractivity contribution in [1.29, 1.82) is 0 Å². The lowest BCUT2D eigenvalue weighted by Crippen LogP contribution is -2.46. The summed E-state index contributed by atoms with van der Waals surface area (Å²) in [5.41, 5.74) is 0. The van der Waals surface area contributed by atoms with Gasteiger partial charge < -0.3 is 15.7 Å². The molecule has 0 aromatic carbocycles. The van der Waals surface area contributed by atoms with Crippen LogP contribution in [0.4, 0.5) is 0 Å². The van der Waals surface area contributed by atoms with E-state index in [0.717, 1.165) is 19.4 Å². The first-order valence-electron chi connectivity index (χ1n) is 5.27. The fourth-order valence-corrected chi connectivity index (χ4v) is 1.28. The third-order valence-electron chi connectivity index (χ3n) is 2.11. The lowest BCUT2D eigenvalue weighted by atomic mass is 10.2. The van der Waals surface area contributed by atoms with Crippen molar-refractivity contribution >= 4 is 28.7 Å². The zero-order valence-electron chi connectivity index (χ0n) is 9.83. The average molecular weight is 265 g/mol. The van der Waals surface area contributed by atoms with Crippen LogP contribution in [-0.2, 0) is 14.4 Å². The summed E-state index contributed by atoms with van der Waals surface area (Å²) < 4.78 is 0. The van der Waals surface area contributed by atoms with Crippen LogP contribution in [0.2, 0.25) is 0 Å². The third kappa shape index (κ3) is 7.70. The SMILES string of the molecule is CC(=O)Cl.C[C@H](NC(=O)C1CCCN1)C(=O)O. The molecule has 0 radical (unpaired) electrons. The molecule has 3 N–H and O–H groups in total. The molecule has 0 aromatic rings. The summed E-state index contributed by atoms with van der Waals surface area (Å²) in [4.78, 5) is 30.9. The van der Waals surface area contributed by atoms with E-state index in [1.54, 1.807) is 0 Å². The number of carbonyl (C=O) groups excluding carboxylic acids is 2. The van der Waals surface area contributed by atoms with E-state index in [1.165, 1.54) is 13.8 Å². The molecule has 7 heteroatoms. The second-order valence-corrected chi connectivity index (χ2v) is 4.22. The second kappa shape index (κ2) is 8.03. The van der Waals surface area contributed by atoms with Crippen molar-refractivity contribution in [2.24, 2.45) is 0 Å². The highest BCUT2D eigenvalue weighted by Gasteiger charge is 2.24. The summed E-state index contributed by atoms with van der Waals surface area (Å²) in [6, 6.07) is -1.02. The molecule has 0 spiro atoms. The van der Waals surface area contributed by atoms with Crippen molar-refractivity contribution in [2.45, 2.75) is 38.8 Å². The summed E-state index contributed by atoms with van der Waals surface area (Å²) in [7, 11) is 0. The predicted molar refractivity (Wildman–Crippen MR) is 62.8 cm³/mol. The zero-order chi connectivity index (χ0) is 13.4. The van der Waals surface area contributed by atoms with Crippen LogP contribution in [0.3, 0.4) is 0 Å². The molecule has 0 saturated carbocycles. The predicted octanol–water partition coefficient (Wildman–Crippen LogP) is 0.0994. The van der Waals surface area contributed by atoms with Crippen molar-refractivity contribution in [3.8, 4) is 0 Å². The maximum Gasteiger partial charge on any atom is 0.325 e. The fraction of sp³-hybridized carbons (Fsp3) is 0.700. The van der Waals surface area contributed by atoms with Crippen LogP contribution >= 0.6 is 11.6 Å². The van der Waals surface area contributed by atoms with Crippen molar-refractivity contribution < 1.29 is 19.5 Å². The van der Waals surface area contributed by atoms with Gasteiger partial charge in [-0.2, -0.15) is 0 Å². The van der Waals surface area contributed by atoms with E-state index in [1.807, 2.05) is 0 Å². The molecule has 1 heterocycles. The van der Waals surface area contributed by atoms with Gasteiger partial charge in [0, 0.05) is 6.92 Å². The minimum Gasteiger partial charge on any atom is -0.480 e. The second-order valence-electron chi connectivity index (χ2n) is 3.69. The molecule has 1 unspecified atom stereocenters. The van der Waals surface area contributed by atoms with Gasteiger partial charge in [-0.15, -0.1) is 0 Å². The third-order valence-corrected chi connectivity index (χ3v) is 2.11. The number of carboxylic acids is 1. The molecule has 0 aromatic heterocycles. The molecule has 2 atom stereocenters. The summed E-state index contributed by atoms with van der Waals surface area (Å²) >= 11 is 4.64. The lowest BCUT2D eigenvalue weighted by Gasteiger charge is -2.13. The molecule has 1 amide bonds. The number of rotatable bonds is 3. The van der Waals surface area contributed by atoms with Crippen LogP contribution in [0.5, 0.6) is 0 Å². The zero-order valence-corrected chi connectivity index (χ0v) is 10.6. The van der Waals surface area contributed by atoms with E-state index < -0.39 is 12.0 Å². The van der Waals surface area contributed by atoms with E-state index >= 15 is 0 Å². The summed E-state index contributed by atoms with van der Waals surface area (Å²) in [5.74, 6) is -1.22. The average Bonchev–Trinajstić information content (AvgIpc) is 2.68. The van der Waals surface area contributed by atoms with Crippen LogP contribution in [0.25, 0.3) is 0 Å². The smallest absolute Gasteiger partial charge is 0.325 e. The van der Waals surface area contributed by atoms with Gasteiger partial charge in [0.05, 0.1) is 6.04 Å². The van der Waals surface area contributed by atoms with E-state index in [2.05, 4.69) is 22.2 Å². The molecule has 1 aliphatic rings. The maximum absolute atomic E-state index is 11.3. The standard InChI is InChI=1S/C8H14N2O3.C2H3ClO/c1-5(8(12)13)10-7(11)6-3-2-4-9-6;1-2(3)4/h5-6,9H,2-4H2,1H3,(H,10,11)(H,12,13);1H3/t5-,6?;/m0./s1. The maximum atomic E-state index is 11.3. The monoisotopic (exact) mass is 264 g/mol. The van der Waals surface area contributed by atoms with Gasteiger partial charge in [0.25, 0.3) is 0 Å². The van der Waals surface area contributed by atoms with Gasteiger partial charge in [0.2, 0.25) is 11.1 Å². The van der Waals surface area contributed by atoms with Gasteiger partial charge in [0.1, 0.15) is 6.04 Å². The normalized spacial score (nSPS) is 19.8. The van der Waals surface area contributed by atoms with Crippen molar-refractivity contribution in [3.05, 3.63) is 0 Å². The molecule has 17 heavy (non-hydrogen) atoms. The molecule has 1 aliphatic heterocycles. The topological polar surface area (TPSA) is 95.5 Å². The molecule has 0 aliphatic carbocycles. The molecule has 98 valence electrons. The number of halogens is 1. The highest BCUT2D eigenvalue weighted by molar-refractivity contribution is 6.62. The van der Waals surface area contributed by atoms with Crippen LogP contribution < -0.4 is 10.6 Å². The van der Waals surface area contributed by atoms with Crippen LogP contribution in [0.1, 0.15) is 26.7 Å². The van der Waals surface area contributed by atoms with Gasteiger partial charge >= 0.3 is 5.97 Å². The number of nitrogens with one attached hydrogen (secondary N) is 2. The minimum atomic E-state index is -1.01. The Labute approximate surface area is 105 Å². The first-order chi connectivity index (χ1) is 7.84.